The van der Waals surface area contributed by atoms with Crippen LogP contribution in [-0.2, 0) is 12.6 Å². The van der Waals surface area contributed by atoms with Gasteiger partial charge in [-0.2, -0.15) is 13.2 Å². The van der Waals surface area contributed by atoms with Crippen molar-refractivity contribution >= 4 is 33.3 Å². The monoisotopic (exact) mass is 411 g/mol. The number of nitro groups is 1. The zero-order chi connectivity index (χ0) is 20.5. The standard InChI is InChI=1S/C17H12F3N3O4S/c18-17(19,20)11-8-12-14(13(9-11)23(26)27)28-16(25)22(12)15(24)21-7-6-10-4-2-1-3-5-10/h1-5,8-9H,6-7H2,(H,21,24). The fourth-order valence-electron chi connectivity index (χ4n) is 2.63. The number of halogens is 3. The van der Waals surface area contributed by atoms with Gasteiger partial charge in [0, 0.05) is 12.6 Å². The summed E-state index contributed by atoms with van der Waals surface area (Å²) in [6, 6.07) is 9.09. The van der Waals surface area contributed by atoms with Gasteiger partial charge in [0.25, 0.3) is 5.69 Å². The third-order valence-corrected chi connectivity index (χ3v) is 4.90. The quantitative estimate of drug-likeness (QED) is 0.522. The van der Waals surface area contributed by atoms with Crippen LogP contribution in [0.1, 0.15) is 11.1 Å². The second kappa shape index (κ2) is 7.43. The van der Waals surface area contributed by atoms with Crippen molar-refractivity contribution in [1.82, 2.24) is 9.88 Å². The molecule has 0 fully saturated rings. The number of hydrogen-bond donors (Lipinski definition) is 1. The van der Waals surface area contributed by atoms with Gasteiger partial charge in [0.05, 0.1) is 16.0 Å². The first-order valence-corrected chi connectivity index (χ1v) is 8.73. The first-order chi connectivity index (χ1) is 13.2. The van der Waals surface area contributed by atoms with Crippen LogP contribution in [0.15, 0.2) is 47.3 Å². The SMILES string of the molecule is O=C(NCCc1ccccc1)n1c(=O)sc2c([N+](=O)[O-])cc(C(F)(F)F)cc21. The molecule has 2 aromatic carbocycles. The summed E-state index contributed by atoms with van der Waals surface area (Å²) in [6.45, 7) is 0.133. The molecule has 3 rings (SSSR count). The normalized spacial score (nSPS) is 11.5. The molecule has 0 radical (unpaired) electrons. The van der Waals surface area contributed by atoms with E-state index in [9.17, 15) is 32.9 Å². The van der Waals surface area contributed by atoms with Gasteiger partial charge < -0.3 is 5.32 Å². The molecule has 1 aromatic heterocycles. The summed E-state index contributed by atoms with van der Waals surface area (Å²) >= 11 is 0.349. The van der Waals surface area contributed by atoms with Crippen molar-refractivity contribution in [1.29, 1.82) is 0 Å². The lowest BCUT2D eigenvalue weighted by molar-refractivity contribution is -0.383. The molecule has 11 heteroatoms. The number of thiazole rings is 1. The number of alkyl halides is 3. The molecule has 1 amide bonds. The van der Waals surface area contributed by atoms with Crippen LogP contribution in [0.25, 0.3) is 10.2 Å². The summed E-state index contributed by atoms with van der Waals surface area (Å²) in [4.78, 5) is 33.8. The van der Waals surface area contributed by atoms with Crippen molar-refractivity contribution in [3.05, 3.63) is 73.4 Å². The fraction of sp³-hybridized carbons (Fsp3) is 0.176. The van der Waals surface area contributed by atoms with Crippen molar-refractivity contribution in [2.24, 2.45) is 0 Å². The Kier molecular flexibility index (Phi) is 5.18. The molecule has 7 nitrogen and oxygen atoms in total. The van der Waals surface area contributed by atoms with Crippen LogP contribution in [0.4, 0.5) is 23.7 Å². The smallest absolute Gasteiger partial charge is 0.337 e. The predicted octanol–water partition coefficient (Wildman–Crippen LogP) is 3.79. The summed E-state index contributed by atoms with van der Waals surface area (Å²) in [6.07, 6.45) is -4.43. The number of benzene rings is 2. The number of carbonyl (C=O) groups is 1. The Labute approximate surface area is 159 Å². The van der Waals surface area contributed by atoms with E-state index >= 15 is 0 Å². The molecule has 0 atom stereocenters. The number of amides is 1. The third-order valence-electron chi connectivity index (χ3n) is 3.92. The van der Waals surface area contributed by atoms with Crippen LogP contribution in [0.5, 0.6) is 0 Å². The number of nitrogens with one attached hydrogen (secondary N) is 1. The van der Waals surface area contributed by atoms with Crippen molar-refractivity contribution in [2.45, 2.75) is 12.6 Å². The molecule has 0 saturated heterocycles. The van der Waals surface area contributed by atoms with E-state index in [-0.39, 0.29) is 11.2 Å². The molecule has 3 aromatic rings. The molecule has 0 aliphatic rings. The average molecular weight is 411 g/mol. The largest absolute Gasteiger partial charge is 0.416 e. The summed E-state index contributed by atoms with van der Waals surface area (Å²) in [5.74, 6) is 0. The van der Waals surface area contributed by atoms with Gasteiger partial charge in [-0.3, -0.25) is 14.9 Å². The van der Waals surface area contributed by atoms with E-state index < -0.39 is 38.8 Å². The minimum Gasteiger partial charge on any atom is -0.337 e. The topological polar surface area (TPSA) is 94.2 Å². The van der Waals surface area contributed by atoms with E-state index in [1.54, 1.807) is 0 Å². The summed E-state index contributed by atoms with van der Waals surface area (Å²) in [5.41, 5.74) is -1.72. The molecular formula is C17H12F3N3O4S. The van der Waals surface area contributed by atoms with E-state index in [4.69, 9.17) is 0 Å². The summed E-state index contributed by atoms with van der Waals surface area (Å²) < 4.78 is 39.4. The van der Waals surface area contributed by atoms with Crippen molar-refractivity contribution in [3.63, 3.8) is 0 Å². The molecule has 0 spiro atoms. The Hall–Kier alpha value is -3.21. The third kappa shape index (κ3) is 3.88. The van der Waals surface area contributed by atoms with Crippen LogP contribution >= 0.6 is 11.3 Å². The highest BCUT2D eigenvalue weighted by Crippen LogP contribution is 2.37. The van der Waals surface area contributed by atoms with Crippen LogP contribution < -0.4 is 10.2 Å². The molecule has 0 aliphatic heterocycles. The lowest BCUT2D eigenvalue weighted by atomic mass is 10.1. The minimum atomic E-state index is -4.87. The molecule has 0 bridgehead atoms. The van der Waals surface area contributed by atoms with Gasteiger partial charge in [0.15, 0.2) is 0 Å². The summed E-state index contributed by atoms with van der Waals surface area (Å²) in [7, 11) is 0. The molecule has 1 heterocycles. The predicted molar refractivity (Wildman–Crippen MR) is 96.7 cm³/mol. The van der Waals surface area contributed by atoms with Gasteiger partial charge in [0.1, 0.15) is 4.70 Å². The van der Waals surface area contributed by atoms with Crippen LogP contribution in [-0.4, -0.2) is 22.1 Å². The number of nitro benzene ring substituents is 1. The molecular weight excluding hydrogens is 399 g/mol. The zero-order valence-corrected chi connectivity index (χ0v) is 14.8. The lowest BCUT2D eigenvalue weighted by Crippen LogP contribution is -2.35. The first kappa shape index (κ1) is 19.5. The highest BCUT2D eigenvalue weighted by molar-refractivity contribution is 7.17. The Morgan fingerprint density at radius 3 is 2.50 bits per heavy atom. The number of fused-ring (bicyclic) bond motifs is 1. The van der Waals surface area contributed by atoms with E-state index in [1.165, 1.54) is 0 Å². The molecule has 146 valence electrons. The molecule has 0 saturated carbocycles. The molecule has 0 aliphatic carbocycles. The average Bonchev–Trinajstić information content (AvgIpc) is 2.96. The fourth-order valence-corrected chi connectivity index (χ4v) is 3.57. The second-order valence-electron chi connectivity index (χ2n) is 5.77. The Morgan fingerprint density at radius 1 is 1.21 bits per heavy atom. The maximum atomic E-state index is 13.1. The van der Waals surface area contributed by atoms with Crippen LogP contribution in [0, 0.1) is 10.1 Å². The van der Waals surface area contributed by atoms with Crippen molar-refractivity contribution < 1.29 is 22.9 Å². The highest BCUT2D eigenvalue weighted by Gasteiger charge is 2.35. The van der Waals surface area contributed by atoms with Crippen molar-refractivity contribution in [2.75, 3.05) is 6.54 Å². The van der Waals surface area contributed by atoms with Gasteiger partial charge in [-0.1, -0.05) is 41.7 Å². The van der Waals surface area contributed by atoms with Gasteiger partial charge in [-0.25, -0.2) is 9.36 Å². The van der Waals surface area contributed by atoms with Gasteiger partial charge in [-0.05, 0) is 18.1 Å². The lowest BCUT2D eigenvalue weighted by Gasteiger charge is -2.09. The van der Waals surface area contributed by atoms with E-state index in [0.717, 1.165) is 5.56 Å². The van der Waals surface area contributed by atoms with Gasteiger partial charge >= 0.3 is 17.1 Å². The first-order valence-electron chi connectivity index (χ1n) is 7.92. The van der Waals surface area contributed by atoms with E-state index in [1.807, 2.05) is 30.3 Å². The zero-order valence-electron chi connectivity index (χ0n) is 14.0. The number of aromatic nitrogens is 1. The van der Waals surface area contributed by atoms with Crippen LogP contribution in [0.3, 0.4) is 0 Å². The Morgan fingerprint density at radius 2 is 1.89 bits per heavy atom. The van der Waals surface area contributed by atoms with Gasteiger partial charge in [0.2, 0.25) is 0 Å². The summed E-state index contributed by atoms with van der Waals surface area (Å²) in [5, 5.41) is 13.6. The maximum Gasteiger partial charge on any atom is 0.416 e. The number of carbonyl (C=O) groups excluding carboxylic acids is 1. The van der Waals surface area contributed by atoms with E-state index in [2.05, 4.69) is 5.32 Å². The minimum absolute atomic E-state index is 0.133. The van der Waals surface area contributed by atoms with E-state index in [0.29, 0.717) is 34.5 Å². The highest BCUT2D eigenvalue weighted by atomic mass is 32.1. The Balaban J connectivity index is 1.97. The maximum absolute atomic E-state index is 13.1. The van der Waals surface area contributed by atoms with Crippen molar-refractivity contribution in [3.8, 4) is 0 Å². The number of rotatable bonds is 4. The second-order valence-corrected chi connectivity index (χ2v) is 6.73. The Bertz CT molecular complexity index is 1110. The molecule has 0 unspecified atom stereocenters. The van der Waals surface area contributed by atoms with Crippen LogP contribution in [0.2, 0.25) is 0 Å². The number of non-ortho nitro benzene ring substituents is 1. The van der Waals surface area contributed by atoms with Gasteiger partial charge in [-0.15, -0.1) is 0 Å². The number of nitrogens with zero attached hydrogens (tertiary/aromatic N) is 2. The molecule has 28 heavy (non-hydrogen) atoms. The number of hydrogen-bond acceptors (Lipinski definition) is 5. The molecule has 1 N–H and O–H groups in total.